The molecule has 5 nitrogen and oxygen atoms in total. The van der Waals surface area contributed by atoms with Crippen molar-refractivity contribution in [2.45, 2.75) is 38.5 Å². The lowest BCUT2D eigenvalue weighted by Crippen LogP contribution is -2.48. The minimum atomic E-state index is -0.949. The van der Waals surface area contributed by atoms with E-state index < -0.39 is 24.2 Å². The molecule has 0 aliphatic heterocycles. The van der Waals surface area contributed by atoms with Crippen molar-refractivity contribution in [3.63, 3.8) is 0 Å². The number of benzene rings is 1. The van der Waals surface area contributed by atoms with Crippen LogP contribution in [-0.2, 0) is 11.2 Å². The van der Waals surface area contributed by atoms with Crippen LogP contribution in [0.2, 0.25) is 0 Å². The molecule has 3 N–H and O–H groups in total. The van der Waals surface area contributed by atoms with Crippen LogP contribution in [0.25, 0.3) is 0 Å². The van der Waals surface area contributed by atoms with Crippen molar-refractivity contribution in [2.75, 3.05) is 13.1 Å². The summed E-state index contributed by atoms with van der Waals surface area (Å²) in [6, 6.07) is 8.59. The molecule has 0 spiro atoms. The number of hydrogen-bond acceptors (Lipinski definition) is 4. The van der Waals surface area contributed by atoms with E-state index in [0.29, 0.717) is 6.42 Å². The van der Waals surface area contributed by atoms with E-state index in [1.54, 1.807) is 18.7 Å². The minimum Gasteiger partial charge on any atom is -0.480 e. The number of aliphatic hydroxyl groups is 2. The van der Waals surface area contributed by atoms with E-state index in [1.807, 2.05) is 30.3 Å². The third kappa shape index (κ3) is 5.69. The largest absolute Gasteiger partial charge is 0.480 e. The summed E-state index contributed by atoms with van der Waals surface area (Å²) in [5, 5.41) is 28.5. The molecule has 0 aliphatic rings. The summed E-state index contributed by atoms with van der Waals surface area (Å²) in [5.74, 6) is -0.949. The zero-order valence-electron chi connectivity index (χ0n) is 11.9. The van der Waals surface area contributed by atoms with E-state index in [9.17, 15) is 20.1 Å². The molecule has 0 radical (unpaired) electrons. The summed E-state index contributed by atoms with van der Waals surface area (Å²) in [6.45, 7) is 3.65. The molecule has 0 aromatic heterocycles. The predicted molar refractivity (Wildman–Crippen MR) is 76.5 cm³/mol. The molecule has 112 valence electrons. The van der Waals surface area contributed by atoms with Gasteiger partial charge < -0.3 is 15.3 Å². The molecule has 1 rings (SSSR count). The molecular formula is C15H23NO4. The Bertz CT molecular complexity index is 396. The molecule has 0 heterocycles. The van der Waals surface area contributed by atoms with Crippen LogP contribution < -0.4 is 0 Å². The van der Waals surface area contributed by atoms with E-state index in [0.717, 1.165) is 5.56 Å². The zero-order chi connectivity index (χ0) is 15.1. The van der Waals surface area contributed by atoms with Gasteiger partial charge in [-0.2, -0.15) is 0 Å². The lowest BCUT2D eigenvalue weighted by Gasteiger charge is -2.31. The fraction of sp³-hybridized carbons (Fsp3) is 0.533. The highest BCUT2D eigenvalue weighted by Crippen LogP contribution is 2.11. The molecule has 0 saturated heterocycles. The number of aliphatic hydroxyl groups excluding tert-OH is 2. The Kier molecular flexibility index (Phi) is 6.64. The number of carboxylic acids is 1. The average Bonchev–Trinajstić information content (AvgIpc) is 2.35. The second kappa shape index (κ2) is 7.99. The molecule has 1 aromatic carbocycles. The standard InChI is InChI=1S/C15H23NO4/c1-11(17)9-16(10-12(2)18)14(15(19)20)8-13-6-4-3-5-7-13/h3-7,11-12,14,17-18H,8-10H2,1-2H3,(H,19,20). The van der Waals surface area contributed by atoms with Gasteiger partial charge in [-0.1, -0.05) is 30.3 Å². The maximum Gasteiger partial charge on any atom is 0.321 e. The van der Waals surface area contributed by atoms with Crippen molar-refractivity contribution in [1.82, 2.24) is 4.90 Å². The normalized spacial score (nSPS) is 15.8. The van der Waals surface area contributed by atoms with Crippen molar-refractivity contribution in [3.05, 3.63) is 35.9 Å². The fourth-order valence-corrected chi connectivity index (χ4v) is 2.22. The van der Waals surface area contributed by atoms with E-state index in [-0.39, 0.29) is 13.1 Å². The molecule has 20 heavy (non-hydrogen) atoms. The van der Waals surface area contributed by atoms with Crippen LogP contribution >= 0.6 is 0 Å². The Hall–Kier alpha value is -1.43. The monoisotopic (exact) mass is 281 g/mol. The molecule has 3 atom stereocenters. The SMILES string of the molecule is CC(O)CN(CC(C)O)C(Cc1ccccc1)C(=O)O. The lowest BCUT2D eigenvalue weighted by molar-refractivity contribution is -0.144. The van der Waals surface area contributed by atoms with Crippen molar-refractivity contribution in [1.29, 1.82) is 0 Å². The molecule has 1 aromatic rings. The average molecular weight is 281 g/mol. The van der Waals surface area contributed by atoms with Crippen molar-refractivity contribution < 1.29 is 20.1 Å². The Morgan fingerprint density at radius 1 is 1.10 bits per heavy atom. The third-order valence-electron chi connectivity index (χ3n) is 3.00. The fourth-order valence-electron chi connectivity index (χ4n) is 2.22. The molecular weight excluding hydrogens is 258 g/mol. The number of hydrogen-bond donors (Lipinski definition) is 3. The molecule has 0 amide bonds. The van der Waals surface area contributed by atoms with Crippen LogP contribution in [0.1, 0.15) is 19.4 Å². The van der Waals surface area contributed by atoms with Gasteiger partial charge in [-0.25, -0.2) is 0 Å². The van der Waals surface area contributed by atoms with Crippen LogP contribution in [0.3, 0.4) is 0 Å². The van der Waals surface area contributed by atoms with Crippen LogP contribution in [0.15, 0.2) is 30.3 Å². The second-order valence-electron chi connectivity index (χ2n) is 5.20. The van der Waals surface area contributed by atoms with Gasteiger partial charge in [0.1, 0.15) is 6.04 Å². The number of carbonyl (C=O) groups is 1. The quantitative estimate of drug-likeness (QED) is 0.655. The van der Waals surface area contributed by atoms with Crippen molar-refractivity contribution >= 4 is 5.97 Å². The van der Waals surface area contributed by atoms with Gasteiger partial charge >= 0.3 is 5.97 Å². The van der Waals surface area contributed by atoms with Gasteiger partial charge in [-0.3, -0.25) is 9.69 Å². The highest BCUT2D eigenvalue weighted by molar-refractivity contribution is 5.74. The predicted octanol–water partition coefficient (Wildman–Crippen LogP) is 0.746. The first kappa shape index (κ1) is 16.6. The van der Waals surface area contributed by atoms with Gasteiger partial charge in [-0.05, 0) is 25.8 Å². The number of carboxylic acid groups (broad SMARTS) is 1. The Balaban J connectivity index is 2.86. The van der Waals surface area contributed by atoms with Crippen LogP contribution in [-0.4, -0.2) is 57.5 Å². The smallest absolute Gasteiger partial charge is 0.321 e. The Morgan fingerprint density at radius 3 is 2.00 bits per heavy atom. The van der Waals surface area contributed by atoms with E-state index >= 15 is 0 Å². The summed E-state index contributed by atoms with van der Waals surface area (Å²) >= 11 is 0. The summed E-state index contributed by atoms with van der Waals surface area (Å²) < 4.78 is 0. The summed E-state index contributed by atoms with van der Waals surface area (Å²) in [4.78, 5) is 13.1. The maximum absolute atomic E-state index is 11.5. The first-order valence-corrected chi connectivity index (χ1v) is 6.77. The van der Waals surface area contributed by atoms with Crippen molar-refractivity contribution in [3.8, 4) is 0 Å². The molecule has 0 fully saturated rings. The van der Waals surface area contributed by atoms with Gasteiger partial charge in [0.15, 0.2) is 0 Å². The first-order valence-electron chi connectivity index (χ1n) is 6.77. The Labute approximate surface area is 119 Å². The highest BCUT2D eigenvalue weighted by Gasteiger charge is 2.27. The zero-order valence-corrected chi connectivity index (χ0v) is 11.9. The molecule has 5 heteroatoms. The van der Waals surface area contributed by atoms with Crippen molar-refractivity contribution in [2.24, 2.45) is 0 Å². The van der Waals surface area contributed by atoms with Gasteiger partial charge in [0.2, 0.25) is 0 Å². The number of aliphatic carboxylic acids is 1. The molecule has 0 aliphatic carbocycles. The summed E-state index contributed by atoms with van der Waals surface area (Å²) in [7, 11) is 0. The van der Waals surface area contributed by atoms with Crippen LogP contribution in [0.4, 0.5) is 0 Å². The third-order valence-corrected chi connectivity index (χ3v) is 3.00. The van der Waals surface area contributed by atoms with Gasteiger partial charge in [-0.15, -0.1) is 0 Å². The van der Waals surface area contributed by atoms with Gasteiger partial charge in [0, 0.05) is 13.1 Å². The Morgan fingerprint density at radius 2 is 1.60 bits per heavy atom. The van der Waals surface area contributed by atoms with E-state index in [1.165, 1.54) is 0 Å². The molecule has 0 saturated carbocycles. The van der Waals surface area contributed by atoms with E-state index in [2.05, 4.69) is 0 Å². The van der Waals surface area contributed by atoms with Crippen LogP contribution in [0, 0.1) is 0 Å². The topological polar surface area (TPSA) is 81.0 Å². The second-order valence-corrected chi connectivity index (χ2v) is 5.20. The first-order chi connectivity index (χ1) is 9.40. The maximum atomic E-state index is 11.5. The highest BCUT2D eigenvalue weighted by atomic mass is 16.4. The number of nitrogens with zero attached hydrogens (tertiary/aromatic N) is 1. The lowest BCUT2D eigenvalue weighted by atomic mass is 10.0. The summed E-state index contributed by atoms with van der Waals surface area (Å²) in [6.07, 6.45) is -0.951. The summed E-state index contributed by atoms with van der Waals surface area (Å²) in [5.41, 5.74) is 0.918. The number of rotatable bonds is 8. The minimum absolute atomic E-state index is 0.217. The molecule has 0 bridgehead atoms. The van der Waals surface area contributed by atoms with Gasteiger partial charge in [0.25, 0.3) is 0 Å². The van der Waals surface area contributed by atoms with Crippen LogP contribution in [0.5, 0.6) is 0 Å². The van der Waals surface area contributed by atoms with Gasteiger partial charge in [0.05, 0.1) is 12.2 Å². The van der Waals surface area contributed by atoms with E-state index in [4.69, 9.17) is 0 Å². The molecule has 3 unspecified atom stereocenters.